The van der Waals surface area contributed by atoms with Gasteiger partial charge in [0.1, 0.15) is 6.04 Å². The quantitative estimate of drug-likeness (QED) is 0.527. The van der Waals surface area contributed by atoms with Gasteiger partial charge in [-0.2, -0.15) is 4.31 Å². The number of piperazine rings is 1. The lowest BCUT2D eigenvalue weighted by Crippen LogP contribution is -3.15. The van der Waals surface area contributed by atoms with Gasteiger partial charge in [0.15, 0.2) is 6.54 Å². The third kappa shape index (κ3) is 5.52. The maximum absolute atomic E-state index is 13.0. The summed E-state index contributed by atoms with van der Waals surface area (Å²) in [5.41, 5.74) is 1.64. The number of carbonyl (C=O) groups excluding carboxylic acids is 2. The Kier molecular flexibility index (Phi) is 7.56. The molecule has 1 aromatic rings. The second-order valence-electron chi connectivity index (χ2n) is 7.28. The Morgan fingerprint density at radius 2 is 1.86 bits per heavy atom. The Bertz CT molecular complexity index is 817. The number of hydrogen-bond acceptors (Lipinski definition) is 4. The molecule has 0 radical (unpaired) electrons. The van der Waals surface area contributed by atoms with Crippen LogP contribution in [0, 0.1) is 13.8 Å². The molecule has 3 N–H and O–H groups in total. The van der Waals surface area contributed by atoms with Crippen LogP contribution in [0.3, 0.4) is 0 Å². The van der Waals surface area contributed by atoms with E-state index in [1.165, 1.54) is 4.31 Å². The maximum atomic E-state index is 13.0. The van der Waals surface area contributed by atoms with Crippen molar-refractivity contribution in [3.63, 3.8) is 0 Å². The molecule has 1 atom stereocenters. The minimum absolute atomic E-state index is 0.209. The van der Waals surface area contributed by atoms with Gasteiger partial charge in [-0.1, -0.05) is 12.1 Å². The van der Waals surface area contributed by atoms with Crippen LogP contribution in [0.25, 0.3) is 0 Å². The van der Waals surface area contributed by atoms with Gasteiger partial charge in [0.25, 0.3) is 5.91 Å². The fourth-order valence-corrected chi connectivity index (χ4v) is 5.01. The van der Waals surface area contributed by atoms with Gasteiger partial charge in [-0.05, 0) is 44.9 Å². The van der Waals surface area contributed by atoms with Gasteiger partial charge in [0.2, 0.25) is 15.9 Å². The number of nitrogens with one attached hydrogen (secondary N) is 3. The molecule has 1 aliphatic heterocycles. The first-order valence-electron chi connectivity index (χ1n) is 9.63. The molecule has 1 saturated heterocycles. The zero-order valence-electron chi connectivity index (χ0n) is 17.0. The van der Waals surface area contributed by atoms with Crippen molar-refractivity contribution in [2.75, 3.05) is 39.3 Å². The number of quaternary nitrogens is 1. The molecule has 1 fully saturated rings. The van der Waals surface area contributed by atoms with Gasteiger partial charge in [-0.25, -0.2) is 8.42 Å². The molecule has 1 aromatic carbocycles. The van der Waals surface area contributed by atoms with E-state index in [0.29, 0.717) is 37.6 Å². The molecule has 0 spiro atoms. The third-order valence-electron chi connectivity index (χ3n) is 4.92. The summed E-state index contributed by atoms with van der Waals surface area (Å²) in [5.74, 6) is -0.421. The normalized spacial score (nSPS) is 17.1. The molecule has 0 bridgehead atoms. The lowest BCUT2D eigenvalue weighted by atomic mass is 10.2. The van der Waals surface area contributed by atoms with Crippen molar-refractivity contribution in [2.45, 2.75) is 38.6 Å². The van der Waals surface area contributed by atoms with Crippen LogP contribution in [0.1, 0.15) is 25.0 Å². The average Bonchev–Trinajstić information content (AvgIpc) is 2.64. The summed E-state index contributed by atoms with van der Waals surface area (Å²) in [7, 11) is -3.54. The van der Waals surface area contributed by atoms with Crippen molar-refractivity contribution in [3.05, 3.63) is 29.3 Å². The van der Waals surface area contributed by atoms with Gasteiger partial charge < -0.3 is 15.5 Å². The number of benzene rings is 1. The zero-order valence-corrected chi connectivity index (χ0v) is 17.9. The predicted octanol–water partition coefficient (Wildman–Crippen LogP) is -1.17. The van der Waals surface area contributed by atoms with Crippen molar-refractivity contribution in [3.8, 4) is 0 Å². The van der Waals surface area contributed by atoms with Gasteiger partial charge in [0, 0.05) is 6.54 Å². The van der Waals surface area contributed by atoms with Crippen LogP contribution in [0.4, 0.5) is 0 Å². The van der Waals surface area contributed by atoms with E-state index in [1.807, 2.05) is 26.0 Å². The van der Waals surface area contributed by atoms with E-state index in [0.717, 1.165) is 16.0 Å². The van der Waals surface area contributed by atoms with E-state index in [9.17, 15) is 18.0 Å². The van der Waals surface area contributed by atoms with Crippen molar-refractivity contribution in [1.82, 2.24) is 14.9 Å². The molecular formula is C19H31N4O4S+. The van der Waals surface area contributed by atoms with E-state index >= 15 is 0 Å². The average molecular weight is 412 g/mol. The molecule has 0 unspecified atom stereocenters. The highest BCUT2D eigenvalue weighted by atomic mass is 32.2. The molecule has 0 aliphatic carbocycles. The lowest BCUT2D eigenvalue weighted by Gasteiger charge is -2.31. The first-order valence-corrected chi connectivity index (χ1v) is 11.1. The van der Waals surface area contributed by atoms with Gasteiger partial charge in [0.05, 0.1) is 31.1 Å². The molecule has 1 aliphatic rings. The Balaban J connectivity index is 1.91. The SMILES string of the molecule is CCNC(=O)[C@@H](C)NC(=O)C[NH+]1CCN(S(=O)(=O)c2cc(C)ccc2C)CC1. The topological polar surface area (TPSA) is 100 Å². The molecule has 28 heavy (non-hydrogen) atoms. The van der Waals surface area contributed by atoms with E-state index in [4.69, 9.17) is 0 Å². The molecular weight excluding hydrogens is 380 g/mol. The summed E-state index contributed by atoms with van der Waals surface area (Å²) < 4.78 is 27.4. The highest BCUT2D eigenvalue weighted by Gasteiger charge is 2.32. The largest absolute Gasteiger partial charge is 0.355 e. The van der Waals surface area contributed by atoms with Crippen LogP contribution in [0.5, 0.6) is 0 Å². The summed E-state index contributed by atoms with van der Waals surface area (Å²) in [5, 5.41) is 5.36. The monoisotopic (exact) mass is 411 g/mol. The third-order valence-corrected chi connectivity index (χ3v) is 6.96. The molecule has 2 amide bonds. The lowest BCUT2D eigenvalue weighted by molar-refractivity contribution is -0.895. The first kappa shape index (κ1) is 22.3. The fraction of sp³-hybridized carbons (Fsp3) is 0.579. The molecule has 0 aromatic heterocycles. The van der Waals surface area contributed by atoms with Gasteiger partial charge in [-0.3, -0.25) is 9.59 Å². The summed E-state index contributed by atoms with van der Waals surface area (Å²) >= 11 is 0. The summed E-state index contributed by atoms with van der Waals surface area (Å²) in [6, 6.07) is 4.85. The molecule has 8 nitrogen and oxygen atoms in total. The Labute approximate surface area is 167 Å². The fourth-order valence-electron chi connectivity index (χ4n) is 3.26. The summed E-state index contributed by atoms with van der Waals surface area (Å²) in [4.78, 5) is 25.2. The number of amides is 2. The van der Waals surface area contributed by atoms with Crippen LogP contribution in [0.2, 0.25) is 0 Å². The highest BCUT2D eigenvalue weighted by Crippen LogP contribution is 2.21. The van der Waals surface area contributed by atoms with E-state index < -0.39 is 16.1 Å². The van der Waals surface area contributed by atoms with Crippen LogP contribution in [0.15, 0.2) is 23.1 Å². The van der Waals surface area contributed by atoms with Crippen molar-refractivity contribution in [1.29, 1.82) is 0 Å². The standard InChI is InChI=1S/C19H30N4O4S/c1-5-20-19(25)16(4)21-18(24)13-22-8-10-23(11-9-22)28(26,27)17-12-14(2)6-7-15(17)3/h6-7,12,16H,5,8-11,13H2,1-4H3,(H,20,25)(H,21,24)/p+1/t16-/m1/s1. The van der Waals surface area contributed by atoms with Crippen molar-refractivity contribution >= 4 is 21.8 Å². The zero-order chi connectivity index (χ0) is 20.9. The van der Waals surface area contributed by atoms with Crippen LogP contribution in [-0.4, -0.2) is 69.8 Å². The first-order chi connectivity index (χ1) is 13.1. The molecule has 0 saturated carbocycles. The predicted molar refractivity (Wildman–Crippen MR) is 107 cm³/mol. The molecule has 1 heterocycles. The smallest absolute Gasteiger partial charge is 0.275 e. The van der Waals surface area contributed by atoms with Crippen molar-refractivity contribution < 1.29 is 22.9 Å². The Morgan fingerprint density at radius 3 is 2.46 bits per heavy atom. The van der Waals surface area contributed by atoms with Crippen LogP contribution >= 0.6 is 0 Å². The summed E-state index contributed by atoms with van der Waals surface area (Å²) in [6.07, 6.45) is 0. The Morgan fingerprint density at radius 1 is 1.21 bits per heavy atom. The molecule has 2 rings (SSSR count). The maximum Gasteiger partial charge on any atom is 0.275 e. The second kappa shape index (κ2) is 9.49. The van der Waals surface area contributed by atoms with Crippen molar-refractivity contribution in [2.24, 2.45) is 0 Å². The minimum atomic E-state index is -3.54. The number of sulfonamides is 1. The van der Waals surface area contributed by atoms with Crippen LogP contribution in [-0.2, 0) is 19.6 Å². The Hall–Kier alpha value is -1.97. The van der Waals surface area contributed by atoms with Gasteiger partial charge in [-0.15, -0.1) is 0 Å². The molecule has 156 valence electrons. The van der Waals surface area contributed by atoms with E-state index in [1.54, 1.807) is 19.9 Å². The number of likely N-dealkylation sites (N-methyl/N-ethyl adjacent to an activating group) is 1. The summed E-state index contributed by atoms with van der Waals surface area (Å²) in [6.45, 7) is 9.71. The number of aryl methyl sites for hydroxylation is 2. The van der Waals surface area contributed by atoms with E-state index in [2.05, 4.69) is 10.6 Å². The molecule has 9 heteroatoms. The second-order valence-corrected chi connectivity index (χ2v) is 9.19. The highest BCUT2D eigenvalue weighted by molar-refractivity contribution is 7.89. The van der Waals surface area contributed by atoms with Gasteiger partial charge >= 0.3 is 0 Å². The van der Waals surface area contributed by atoms with Crippen LogP contribution < -0.4 is 15.5 Å². The number of nitrogens with zero attached hydrogens (tertiary/aromatic N) is 1. The number of carbonyl (C=O) groups is 2. The number of hydrogen-bond donors (Lipinski definition) is 3. The van der Waals surface area contributed by atoms with E-state index in [-0.39, 0.29) is 18.4 Å². The minimum Gasteiger partial charge on any atom is -0.355 e. The number of rotatable bonds is 7.